The summed E-state index contributed by atoms with van der Waals surface area (Å²) in [6, 6.07) is 8.55. The van der Waals surface area contributed by atoms with Crippen molar-refractivity contribution in [3.05, 3.63) is 36.7 Å². The van der Waals surface area contributed by atoms with Crippen LogP contribution in [-0.2, 0) is 0 Å². The van der Waals surface area contributed by atoms with Gasteiger partial charge in [0.1, 0.15) is 6.33 Å². The lowest BCUT2D eigenvalue weighted by Crippen LogP contribution is -2.53. The second-order valence-electron chi connectivity index (χ2n) is 11.0. The third-order valence-electron chi connectivity index (χ3n) is 9.89. The molecule has 3 nitrogen and oxygen atoms in total. The fourth-order valence-electron chi connectivity index (χ4n) is 8.30. The number of benzene rings is 1. The van der Waals surface area contributed by atoms with Crippen molar-refractivity contribution in [2.75, 3.05) is 0 Å². The van der Waals surface area contributed by atoms with Crippen molar-refractivity contribution in [2.24, 2.45) is 34.5 Å². The molecular weight excluding hydrogens is 356 g/mol. The maximum Gasteiger partial charge on any atom is 0.100 e. The van der Waals surface area contributed by atoms with Crippen LogP contribution in [0, 0.1) is 34.5 Å². The van der Waals surface area contributed by atoms with Gasteiger partial charge in [-0.15, -0.1) is 0 Å². The second kappa shape index (κ2) is 6.20. The first-order valence-electron chi connectivity index (χ1n) is 11.8. The number of nitrogens with zero attached hydrogens (tertiary/aromatic N) is 2. The van der Waals surface area contributed by atoms with Gasteiger partial charge in [-0.05, 0) is 92.6 Å². The number of hydrogen-bond acceptors (Lipinski definition) is 2. The monoisotopic (exact) mass is 390 g/mol. The Balaban J connectivity index is 1.34. The van der Waals surface area contributed by atoms with Crippen LogP contribution in [0.25, 0.3) is 16.7 Å². The van der Waals surface area contributed by atoms with E-state index in [2.05, 4.69) is 60.1 Å². The van der Waals surface area contributed by atoms with E-state index in [0.29, 0.717) is 5.41 Å². The van der Waals surface area contributed by atoms with Gasteiger partial charge in [0.05, 0.1) is 17.1 Å². The molecule has 0 saturated heterocycles. The molecular formula is C26H34N2O. The van der Waals surface area contributed by atoms with Crippen molar-refractivity contribution >= 4 is 16.7 Å². The van der Waals surface area contributed by atoms with E-state index < -0.39 is 0 Å². The smallest absolute Gasteiger partial charge is 0.100 e. The highest BCUT2D eigenvalue weighted by Gasteiger charge is 2.58. The van der Waals surface area contributed by atoms with Gasteiger partial charge in [-0.3, -0.25) is 0 Å². The van der Waals surface area contributed by atoms with Crippen molar-refractivity contribution in [1.29, 1.82) is 0 Å². The van der Waals surface area contributed by atoms with E-state index >= 15 is 0 Å². The summed E-state index contributed by atoms with van der Waals surface area (Å²) in [4.78, 5) is 4.68. The Morgan fingerprint density at radius 3 is 2.79 bits per heavy atom. The molecule has 154 valence electrons. The summed E-state index contributed by atoms with van der Waals surface area (Å²) in [7, 11) is 0. The first-order chi connectivity index (χ1) is 14.0. The molecule has 1 heterocycles. The third kappa shape index (κ3) is 2.43. The quantitative estimate of drug-likeness (QED) is 0.659. The van der Waals surface area contributed by atoms with Crippen molar-refractivity contribution in [3.63, 3.8) is 0 Å². The SMILES string of the molecule is C[C@]12CCC(O)CC1CC[C@@H]1[C@H]2CC[C@]2(C)C(n3cnc4ccccc43)=CC[C@@H]12. The Hall–Kier alpha value is -1.61. The lowest BCUT2D eigenvalue weighted by Gasteiger charge is -2.60. The van der Waals surface area contributed by atoms with Crippen LogP contribution in [0.2, 0.25) is 0 Å². The Labute approximate surface area is 174 Å². The summed E-state index contributed by atoms with van der Waals surface area (Å²) < 4.78 is 2.39. The van der Waals surface area contributed by atoms with Crippen LogP contribution in [0.4, 0.5) is 0 Å². The molecule has 0 aliphatic heterocycles. The van der Waals surface area contributed by atoms with Gasteiger partial charge in [0.25, 0.3) is 0 Å². The highest BCUT2D eigenvalue weighted by atomic mass is 16.3. The molecule has 0 radical (unpaired) electrons. The molecule has 4 aliphatic carbocycles. The molecule has 2 unspecified atom stereocenters. The molecule has 1 aromatic heterocycles. The zero-order valence-corrected chi connectivity index (χ0v) is 17.8. The van der Waals surface area contributed by atoms with Crippen LogP contribution in [0.15, 0.2) is 36.7 Å². The molecule has 1 N–H and O–H groups in total. The summed E-state index contributed by atoms with van der Waals surface area (Å²) in [5.41, 5.74) is 4.57. The van der Waals surface area contributed by atoms with Crippen molar-refractivity contribution in [3.8, 4) is 0 Å². The zero-order valence-electron chi connectivity index (χ0n) is 17.8. The second-order valence-corrected chi connectivity index (χ2v) is 11.0. The first kappa shape index (κ1) is 18.2. The molecule has 7 atom stereocenters. The Bertz CT molecular complexity index is 976. The first-order valence-corrected chi connectivity index (χ1v) is 11.8. The Morgan fingerprint density at radius 1 is 1.03 bits per heavy atom. The number of aliphatic hydroxyl groups is 1. The Morgan fingerprint density at radius 2 is 1.90 bits per heavy atom. The molecule has 3 fully saturated rings. The van der Waals surface area contributed by atoms with Gasteiger partial charge in [0.15, 0.2) is 0 Å². The predicted octanol–water partition coefficient (Wildman–Crippen LogP) is 5.89. The summed E-state index contributed by atoms with van der Waals surface area (Å²) in [6.07, 6.45) is 14.4. The van der Waals surface area contributed by atoms with E-state index in [9.17, 15) is 5.11 Å². The van der Waals surface area contributed by atoms with Gasteiger partial charge >= 0.3 is 0 Å². The van der Waals surface area contributed by atoms with Crippen LogP contribution < -0.4 is 0 Å². The maximum atomic E-state index is 10.3. The molecule has 2 aromatic rings. The van der Waals surface area contributed by atoms with Crippen LogP contribution in [0.1, 0.15) is 65.2 Å². The lowest BCUT2D eigenvalue weighted by atomic mass is 9.45. The molecule has 29 heavy (non-hydrogen) atoms. The minimum Gasteiger partial charge on any atom is -0.393 e. The standard InChI is InChI=1S/C26H34N2O/c1-25-13-11-18(29)15-17(25)7-8-19-20-9-10-24(26(20,2)14-12-21(19)25)28-16-27-22-5-3-4-6-23(22)28/h3-6,10,16-21,29H,7-9,11-15H2,1-2H3/t17?,18?,19-,20-,21+,25-,26-/m0/s1. The van der Waals surface area contributed by atoms with Gasteiger partial charge in [-0.25, -0.2) is 4.98 Å². The van der Waals surface area contributed by atoms with Crippen LogP contribution in [-0.4, -0.2) is 20.8 Å². The van der Waals surface area contributed by atoms with Crippen LogP contribution in [0.3, 0.4) is 0 Å². The average molecular weight is 391 g/mol. The normalized spacial score (nSPS) is 44.1. The van der Waals surface area contributed by atoms with Gasteiger partial charge < -0.3 is 9.67 Å². The number of para-hydroxylation sites is 2. The molecule has 0 amide bonds. The summed E-state index contributed by atoms with van der Waals surface area (Å²) >= 11 is 0. The molecule has 0 bridgehead atoms. The average Bonchev–Trinajstić information content (AvgIpc) is 3.29. The number of aromatic nitrogens is 2. The van der Waals surface area contributed by atoms with E-state index in [-0.39, 0.29) is 11.5 Å². The fourth-order valence-corrected chi connectivity index (χ4v) is 8.30. The molecule has 3 saturated carbocycles. The fraction of sp³-hybridized carbons (Fsp3) is 0.654. The largest absolute Gasteiger partial charge is 0.393 e. The highest BCUT2D eigenvalue weighted by Crippen LogP contribution is 2.67. The van der Waals surface area contributed by atoms with E-state index in [1.54, 1.807) is 0 Å². The van der Waals surface area contributed by atoms with Crippen LogP contribution in [0.5, 0.6) is 0 Å². The number of imidazole rings is 1. The molecule has 1 aromatic carbocycles. The van der Waals surface area contributed by atoms with E-state index in [1.807, 2.05) is 0 Å². The number of hydrogen-bond donors (Lipinski definition) is 1. The van der Waals surface area contributed by atoms with Gasteiger partial charge in [0.2, 0.25) is 0 Å². The van der Waals surface area contributed by atoms with Crippen molar-refractivity contribution < 1.29 is 5.11 Å². The number of rotatable bonds is 1. The minimum absolute atomic E-state index is 0.0484. The van der Waals surface area contributed by atoms with Gasteiger partial charge in [-0.1, -0.05) is 32.1 Å². The number of fused-ring (bicyclic) bond motifs is 6. The van der Waals surface area contributed by atoms with E-state index in [1.165, 1.54) is 49.7 Å². The van der Waals surface area contributed by atoms with E-state index in [0.717, 1.165) is 42.0 Å². The summed E-state index contributed by atoms with van der Waals surface area (Å²) in [5.74, 6) is 3.19. The summed E-state index contributed by atoms with van der Waals surface area (Å²) in [5, 5.41) is 10.3. The topological polar surface area (TPSA) is 38.0 Å². The number of allylic oxidation sites excluding steroid dienone is 2. The lowest BCUT2D eigenvalue weighted by molar-refractivity contribution is -0.115. The molecule has 6 rings (SSSR count). The Kier molecular flexibility index (Phi) is 3.89. The van der Waals surface area contributed by atoms with E-state index in [4.69, 9.17) is 0 Å². The molecule has 3 heteroatoms. The number of aliphatic hydroxyl groups excluding tert-OH is 1. The van der Waals surface area contributed by atoms with Crippen molar-refractivity contribution in [2.45, 2.75) is 71.3 Å². The van der Waals surface area contributed by atoms with Gasteiger partial charge in [0, 0.05) is 11.1 Å². The van der Waals surface area contributed by atoms with Crippen LogP contribution >= 0.6 is 0 Å². The molecule has 4 aliphatic rings. The van der Waals surface area contributed by atoms with Crippen molar-refractivity contribution in [1.82, 2.24) is 9.55 Å². The summed E-state index contributed by atoms with van der Waals surface area (Å²) in [6.45, 7) is 5.12. The minimum atomic E-state index is -0.0484. The third-order valence-corrected chi connectivity index (χ3v) is 9.89. The zero-order chi connectivity index (χ0) is 19.8. The highest BCUT2D eigenvalue weighted by molar-refractivity contribution is 5.80. The maximum absolute atomic E-state index is 10.3. The predicted molar refractivity (Wildman–Crippen MR) is 117 cm³/mol. The van der Waals surface area contributed by atoms with Gasteiger partial charge in [-0.2, -0.15) is 0 Å². The molecule has 0 spiro atoms.